The topological polar surface area (TPSA) is 62.4 Å². The molecule has 0 saturated heterocycles. The third-order valence-corrected chi connectivity index (χ3v) is 3.34. The van der Waals surface area contributed by atoms with Gasteiger partial charge in [0.2, 0.25) is 0 Å². The minimum Gasteiger partial charge on any atom is -0.508 e. The molecule has 3 N–H and O–H groups in total. The third kappa shape index (κ3) is 2.96. The van der Waals surface area contributed by atoms with Crippen molar-refractivity contribution in [1.29, 1.82) is 0 Å². The number of hydrogen-bond acceptors (Lipinski definition) is 4. The Kier molecular flexibility index (Phi) is 4.22. The fourth-order valence-electron chi connectivity index (χ4n) is 2.21. The van der Waals surface area contributed by atoms with E-state index in [1.165, 1.54) is 0 Å². The second-order valence-corrected chi connectivity index (χ2v) is 4.92. The highest BCUT2D eigenvalue weighted by Crippen LogP contribution is 2.27. The first-order chi connectivity index (χ1) is 9.15. The van der Waals surface area contributed by atoms with Gasteiger partial charge in [-0.2, -0.15) is 0 Å². The van der Waals surface area contributed by atoms with E-state index in [-0.39, 0.29) is 5.75 Å². The molecule has 0 saturated carbocycles. The van der Waals surface area contributed by atoms with Crippen molar-refractivity contribution in [2.45, 2.75) is 13.8 Å². The van der Waals surface area contributed by atoms with Gasteiger partial charge in [0.25, 0.3) is 0 Å². The van der Waals surface area contributed by atoms with Crippen LogP contribution in [-0.4, -0.2) is 29.7 Å². The van der Waals surface area contributed by atoms with E-state index < -0.39 is 0 Å². The van der Waals surface area contributed by atoms with E-state index in [2.05, 4.69) is 23.7 Å². The van der Waals surface area contributed by atoms with Crippen LogP contribution in [0.5, 0.6) is 5.75 Å². The van der Waals surface area contributed by atoms with Crippen molar-refractivity contribution < 1.29 is 5.11 Å². The lowest BCUT2D eigenvalue weighted by Crippen LogP contribution is -2.32. The van der Waals surface area contributed by atoms with Gasteiger partial charge >= 0.3 is 0 Å². The molecule has 0 spiro atoms. The maximum atomic E-state index is 9.67. The Balaban J connectivity index is 2.44. The second kappa shape index (κ2) is 5.89. The minimum absolute atomic E-state index is 0.268. The minimum atomic E-state index is 0.268. The van der Waals surface area contributed by atoms with Gasteiger partial charge in [0.05, 0.1) is 0 Å². The first-order valence-corrected chi connectivity index (χ1v) is 6.68. The van der Waals surface area contributed by atoms with Crippen LogP contribution in [0.3, 0.4) is 0 Å². The van der Waals surface area contributed by atoms with Crippen LogP contribution in [0.25, 0.3) is 10.8 Å². The smallest absolute Gasteiger partial charge is 0.136 e. The number of hydrogen-bond donors (Lipinski definition) is 2. The average molecular weight is 259 g/mol. The summed E-state index contributed by atoms with van der Waals surface area (Å²) in [6.07, 6.45) is 1.81. The SMILES string of the molecule is CCN(CC(C)CN)c1nccc2ccc(O)cc12. The van der Waals surface area contributed by atoms with Gasteiger partial charge in [0.15, 0.2) is 0 Å². The Bertz CT molecular complexity index is 556. The summed E-state index contributed by atoms with van der Waals surface area (Å²) in [5.41, 5.74) is 5.70. The van der Waals surface area contributed by atoms with Gasteiger partial charge in [-0.25, -0.2) is 4.98 Å². The van der Waals surface area contributed by atoms with E-state index in [9.17, 15) is 5.11 Å². The maximum absolute atomic E-state index is 9.67. The number of benzene rings is 1. The summed E-state index contributed by atoms with van der Waals surface area (Å²) >= 11 is 0. The first kappa shape index (κ1) is 13.6. The lowest BCUT2D eigenvalue weighted by Gasteiger charge is -2.26. The van der Waals surface area contributed by atoms with Crippen LogP contribution in [-0.2, 0) is 0 Å². The molecule has 0 radical (unpaired) electrons. The largest absolute Gasteiger partial charge is 0.508 e. The second-order valence-electron chi connectivity index (χ2n) is 4.92. The molecule has 0 aliphatic carbocycles. The number of anilines is 1. The Morgan fingerprint density at radius 1 is 1.37 bits per heavy atom. The van der Waals surface area contributed by atoms with E-state index >= 15 is 0 Å². The zero-order valence-electron chi connectivity index (χ0n) is 11.5. The van der Waals surface area contributed by atoms with Crippen LogP contribution in [0.2, 0.25) is 0 Å². The molecular weight excluding hydrogens is 238 g/mol. The molecule has 0 aliphatic rings. The Labute approximate surface area is 113 Å². The standard InChI is InChI=1S/C15H21N3O/c1-3-18(10-11(2)9-16)15-14-8-13(19)5-4-12(14)6-7-17-15/h4-8,11,19H,3,9-10,16H2,1-2H3. The van der Waals surface area contributed by atoms with E-state index in [0.29, 0.717) is 12.5 Å². The normalized spacial score (nSPS) is 12.6. The molecule has 2 rings (SSSR count). The van der Waals surface area contributed by atoms with Gasteiger partial charge in [0, 0.05) is 24.7 Å². The van der Waals surface area contributed by atoms with Crippen LogP contribution < -0.4 is 10.6 Å². The van der Waals surface area contributed by atoms with E-state index in [4.69, 9.17) is 5.73 Å². The van der Waals surface area contributed by atoms with Crippen molar-refractivity contribution in [3.63, 3.8) is 0 Å². The molecule has 4 heteroatoms. The molecule has 2 aromatic rings. The quantitative estimate of drug-likeness (QED) is 0.865. The van der Waals surface area contributed by atoms with Gasteiger partial charge < -0.3 is 15.7 Å². The van der Waals surface area contributed by atoms with Crippen LogP contribution >= 0.6 is 0 Å². The summed E-state index contributed by atoms with van der Waals surface area (Å²) in [6, 6.07) is 7.34. The van der Waals surface area contributed by atoms with Crippen LogP contribution in [0.4, 0.5) is 5.82 Å². The number of pyridine rings is 1. The van der Waals surface area contributed by atoms with Crippen molar-refractivity contribution in [3.8, 4) is 5.75 Å². The molecule has 0 amide bonds. The molecule has 1 heterocycles. The predicted octanol–water partition coefficient (Wildman–Crippen LogP) is 2.36. The third-order valence-electron chi connectivity index (χ3n) is 3.34. The Morgan fingerprint density at radius 2 is 2.16 bits per heavy atom. The Hall–Kier alpha value is -1.81. The number of rotatable bonds is 5. The van der Waals surface area contributed by atoms with Crippen molar-refractivity contribution in [2.75, 3.05) is 24.5 Å². The average Bonchev–Trinajstić information content (AvgIpc) is 2.44. The molecule has 1 unspecified atom stereocenters. The molecule has 102 valence electrons. The number of nitrogens with zero attached hydrogens (tertiary/aromatic N) is 2. The van der Waals surface area contributed by atoms with Crippen LogP contribution in [0.1, 0.15) is 13.8 Å². The zero-order chi connectivity index (χ0) is 13.8. The van der Waals surface area contributed by atoms with Crippen LogP contribution in [0.15, 0.2) is 30.5 Å². The predicted molar refractivity (Wildman–Crippen MR) is 79.5 cm³/mol. The number of phenolic OH excluding ortho intramolecular Hbond substituents is 1. The first-order valence-electron chi connectivity index (χ1n) is 6.68. The van der Waals surface area contributed by atoms with Gasteiger partial charge in [0.1, 0.15) is 11.6 Å². The molecule has 1 aromatic carbocycles. The maximum Gasteiger partial charge on any atom is 0.136 e. The fourth-order valence-corrected chi connectivity index (χ4v) is 2.21. The summed E-state index contributed by atoms with van der Waals surface area (Å²) in [7, 11) is 0. The number of aromatic hydroxyl groups is 1. The highest BCUT2D eigenvalue weighted by Gasteiger charge is 2.13. The molecule has 0 fully saturated rings. The lowest BCUT2D eigenvalue weighted by atomic mass is 10.1. The molecule has 1 aromatic heterocycles. The van der Waals surface area contributed by atoms with Crippen LogP contribution in [0, 0.1) is 5.92 Å². The van der Waals surface area contributed by atoms with Crippen molar-refractivity contribution in [1.82, 2.24) is 4.98 Å². The van der Waals surface area contributed by atoms with Crippen molar-refractivity contribution in [2.24, 2.45) is 11.7 Å². The van der Waals surface area contributed by atoms with Gasteiger partial charge in [-0.15, -0.1) is 0 Å². The van der Waals surface area contributed by atoms with E-state index in [1.807, 2.05) is 18.3 Å². The fraction of sp³-hybridized carbons (Fsp3) is 0.400. The molecule has 0 aliphatic heterocycles. The number of phenols is 1. The highest BCUT2D eigenvalue weighted by molar-refractivity contribution is 5.93. The summed E-state index contributed by atoms with van der Waals surface area (Å²) in [6.45, 7) is 6.63. The molecular formula is C15H21N3O. The summed E-state index contributed by atoms with van der Waals surface area (Å²) in [5.74, 6) is 1.59. The molecule has 0 bridgehead atoms. The number of fused-ring (bicyclic) bond motifs is 1. The Morgan fingerprint density at radius 3 is 2.84 bits per heavy atom. The highest BCUT2D eigenvalue weighted by atomic mass is 16.3. The monoisotopic (exact) mass is 259 g/mol. The van der Waals surface area contributed by atoms with Crippen molar-refractivity contribution >= 4 is 16.6 Å². The lowest BCUT2D eigenvalue weighted by molar-refractivity contribution is 0.476. The van der Waals surface area contributed by atoms with Gasteiger partial charge in [-0.1, -0.05) is 13.0 Å². The van der Waals surface area contributed by atoms with E-state index in [1.54, 1.807) is 12.1 Å². The molecule has 1 atom stereocenters. The summed E-state index contributed by atoms with van der Waals surface area (Å²) in [4.78, 5) is 6.69. The molecule has 4 nitrogen and oxygen atoms in total. The molecule has 19 heavy (non-hydrogen) atoms. The van der Waals surface area contributed by atoms with E-state index in [0.717, 1.165) is 29.7 Å². The number of nitrogens with two attached hydrogens (primary N) is 1. The number of aromatic nitrogens is 1. The zero-order valence-corrected chi connectivity index (χ0v) is 11.5. The van der Waals surface area contributed by atoms with Gasteiger partial charge in [-0.05, 0) is 43.0 Å². The van der Waals surface area contributed by atoms with Crippen molar-refractivity contribution in [3.05, 3.63) is 30.5 Å². The van der Waals surface area contributed by atoms with Gasteiger partial charge in [-0.3, -0.25) is 0 Å². The summed E-state index contributed by atoms with van der Waals surface area (Å²) in [5, 5.41) is 11.7. The summed E-state index contributed by atoms with van der Waals surface area (Å²) < 4.78 is 0.